The van der Waals surface area contributed by atoms with Crippen molar-refractivity contribution in [2.45, 2.75) is 64.8 Å². The van der Waals surface area contributed by atoms with Crippen LogP contribution in [0, 0.1) is 5.92 Å². The summed E-state index contributed by atoms with van der Waals surface area (Å²) in [5.41, 5.74) is 0. The summed E-state index contributed by atoms with van der Waals surface area (Å²) in [7, 11) is 0. The van der Waals surface area contributed by atoms with E-state index in [0.29, 0.717) is 5.92 Å². The maximum atomic E-state index is 12.3. The van der Waals surface area contributed by atoms with E-state index in [1.54, 1.807) is 0 Å². The predicted octanol–water partition coefficient (Wildman–Crippen LogP) is 3.52. The SMILES string of the molecule is CCCCC1CC(NCC(F)F)CN(CCCC)C1. The second-order valence-electron chi connectivity index (χ2n) is 5.85. The van der Waals surface area contributed by atoms with Crippen LogP contribution in [0.3, 0.4) is 0 Å². The van der Waals surface area contributed by atoms with Crippen molar-refractivity contribution in [2.24, 2.45) is 5.92 Å². The van der Waals surface area contributed by atoms with Crippen molar-refractivity contribution in [1.82, 2.24) is 10.2 Å². The van der Waals surface area contributed by atoms with E-state index in [1.165, 1.54) is 32.1 Å². The minimum Gasteiger partial charge on any atom is -0.307 e. The van der Waals surface area contributed by atoms with Crippen LogP contribution >= 0.6 is 0 Å². The van der Waals surface area contributed by atoms with Crippen molar-refractivity contribution in [3.05, 3.63) is 0 Å². The van der Waals surface area contributed by atoms with Gasteiger partial charge in [0.1, 0.15) is 0 Å². The van der Waals surface area contributed by atoms with Crippen LogP contribution in [0.1, 0.15) is 52.4 Å². The van der Waals surface area contributed by atoms with Crippen LogP contribution in [0.4, 0.5) is 8.78 Å². The van der Waals surface area contributed by atoms with Gasteiger partial charge in [0, 0.05) is 19.1 Å². The third-order valence-electron chi connectivity index (χ3n) is 3.97. The largest absolute Gasteiger partial charge is 0.307 e. The quantitative estimate of drug-likeness (QED) is 0.693. The van der Waals surface area contributed by atoms with E-state index >= 15 is 0 Å². The summed E-state index contributed by atoms with van der Waals surface area (Å²) in [6, 6.07) is 0.251. The number of likely N-dealkylation sites (tertiary alicyclic amines) is 1. The first kappa shape index (κ1) is 16.8. The molecular weight excluding hydrogens is 246 g/mol. The van der Waals surface area contributed by atoms with Crippen LogP contribution in [0.15, 0.2) is 0 Å². The molecule has 0 aromatic rings. The maximum absolute atomic E-state index is 12.3. The Balaban J connectivity index is 2.40. The summed E-state index contributed by atoms with van der Waals surface area (Å²) in [5, 5.41) is 3.04. The van der Waals surface area contributed by atoms with Crippen molar-refractivity contribution >= 4 is 0 Å². The molecule has 1 N–H and O–H groups in total. The van der Waals surface area contributed by atoms with Gasteiger partial charge >= 0.3 is 0 Å². The molecule has 0 saturated carbocycles. The molecule has 19 heavy (non-hydrogen) atoms. The molecule has 114 valence electrons. The lowest BCUT2D eigenvalue weighted by atomic mass is 9.89. The fourth-order valence-corrected chi connectivity index (χ4v) is 2.97. The highest BCUT2D eigenvalue weighted by Gasteiger charge is 2.26. The van der Waals surface area contributed by atoms with Gasteiger partial charge in [0.05, 0.1) is 6.54 Å². The van der Waals surface area contributed by atoms with E-state index in [9.17, 15) is 8.78 Å². The molecule has 0 aromatic heterocycles. The van der Waals surface area contributed by atoms with Crippen LogP contribution in [0.5, 0.6) is 0 Å². The van der Waals surface area contributed by atoms with E-state index in [4.69, 9.17) is 0 Å². The lowest BCUT2D eigenvalue weighted by Crippen LogP contribution is -2.50. The van der Waals surface area contributed by atoms with E-state index in [-0.39, 0.29) is 12.6 Å². The number of hydrogen-bond donors (Lipinski definition) is 1. The molecule has 2 atom stereocenters. The molecule has 0 radical (unpaired) electrons. The molecule has 2 unspecified atom stereocenters. The Morgan fingerprint density at radius 1 is 1.16 bits per heavy atom. The average molecular weight is 276 g/mol. The van der Waals surface area contributed by atoms with Gasteiger partial charge < -0.3 is 10.2 Å². The topological polar surface area (TPSA) is 15.3 Å². The summed E-state index contributed by atoms with van der Waals surface area (Å²) >= 11 is 0. The zero-order valence-corrected chi connectivity index (χ0v) is 12.5. The van der Waals surface area contributed by atoms with Gasteiger partial charge in [-0.05, 0) is 31.7 Å². The third-order valence-corrected chi connectivity index (χ3v) is 3.97. The summed E-state index contributed by atoms with van der Waals surface area (Å²) < 4.78 is 24.6. The first-order valence-corrected chi connectivity index (χ1v) is 7.89. The molecule has 4 heteroatoms. The summed E-state index contributed by atoms with van der Waals surface area (Å²) in [6.07, 6.45) is 4.96. The second kappa shape index (κ2) is 9.65. The molecule has 1 saturated heterocycles. The Hall–Kier alpha value is -0.220. The van der Waals surface area contributed by atoms with Gasteiger partial charge in [-0.1, -0.05) is 33.1 Å². The number of unbranched alkanes of at least 4 members (excludes halogenated alkanes) is 2. The third kappa shape index (κ3) is 7.21. The smallest absolute Gasteiger partial charge is 0.250 e. The van der Waals surface area contributed by atoms with Gasteiger partial charge in [-0.15, -0.1) is 0 Å². The van der Waals surface area contributed by atoms with Crippen molar-refractivity contribution in [3.8, 4) is 0 Å². The van der Waals surface area contributed by atoms with Gasteiger partial charge in [0.25, 0.3) is 6.43 Å². The highest BCUT2D eigenvalue weighted by Crippen LogP contribution is 2.22. The highest BCUT2D eigenvalue weighted by molar-refractivity contribution is 4.83. The Morgan fingerprint density at radius 3 is 2.53 bits per heavy atom. The first-order chi connectivity index (χ1) is 9.15. The van der Waals surface area contributed by atoms with E-state index in [0.717, 1.165) is 26.1 Å². The zero-order chi connectivity index (χ0) is 14.1. The number of halogens is 2. The molecule has 0 spiro atoms. The number of rotatable bonds is 9. The van der Waals surface area contributed by atoms with Gasteiger partial charge in [0.15, 0.2) is 0 Å². The lowest BCUT2D eigenvalue weighted by Gasteiger charge is -2.38. The first-order valence-electron chi connectivity index (χ1n) is 7.89. The molecule has 1 aliphatic heterocycles. The number of nitrogens with one attached hydrogen (secondary N) is 1. The minimum atomic E-state index is -2.24. The maximum Gasteiger partial charge on any atom is 0.250 e. The van der Waals surface area contributed by atoms with Gasteiger partial charge in [-0.25, -0.2) is 8.78 Å². The fraction of sp³-hybridized carbons (Fsp3) is 1.00. The van der Waals surface area contributed by atoms with Crippen LogP contribution in [-0.4, -0.2) is 43.5 Å². The van der Waals surface area contributed by atoms with Crippen LogP contribution in [0.25, 0.3) is 0 Å². The molecule has 1 aliphatic rings. The van der Waals surface area contributed by atoms with Gasteiger partial charge in [-0.2, -0.15) is 0 Å². The number of alkyl halides is 2. The molecule has 1 heterocycles. The van der Waals surface area contributed by atoms with Crippen molar-refractivity contribution in [3.63, 3.8) is 0 Å². The molecular formula is C15H30F2N2. The molecule has 1 rings (SSSR count). The van der Waals surface area contributed by atoms with E-state index in [2.05, 4.69) is 24.1 Å². The molecule has 0 bridgehead atoms. The summed E-state index contributed by atoms with van der Waals surface area (Å²) in [4.78, 5) is 2.47. The number of piperidine rings is 1. The Labute approximate surface area is 116 Å². The van der Waals surface area contributed by atoms with Gasteiger partial charge in [-0.3, -0.25) is 0 Å². The number of hydrogen-bond acceptors (Lipinski definition) is 2. The van der Waals surface area contributed by atoms with Crippen molar-refractivity contribution in [2.75, 3.05) is 26.2 Å². The Morgan fingerprint density at radius 2 is 1.89 bits per heavy atom. The standard InChI is InChI=1S/C15H30F2N2/c1-3-5-7-13-9-14(18-10-15(16)17)12-19(11-13)8-6-4-2/h13-15,18H,3-12H2,1-2H3. The highest BCUT2D eigenvalue weighted by atomic mass is 19.3. The normalized spacial score (nSPS) is 25.1. The molecule has 0 amide bonds. The van der Waals surface area contributed by atoms with Crippen LogP contribution < -0.4 is 5.32 Å². The summed E-state index contributed by atoms with van der Waals surface area (Å²) in [6.45, 7) is 7.47. The summed E-state index contributed by atoms with van der Waals surface area (Å²) in [5.74, 6) is 0.681. The molecule has 2 nitrogen and oxygen atoms in total. The Kier molecular flexibility index (Phi) is 8.55. The molecule has 0 aromatic carbocycles. The van der Waals surface area contributed by atoms with E-state index < -0.39 is 6.43 Å². The monoisotopic (exact) mass is 276 g/mol. The molecule has 0 aliphatic carbocycles. The fourth-order valence-electron chi connectivity index (χ4n) is 2.97. The average Bonchev–Trinajstić information content (AvgIpc) is 2.40. The zero-order valence-electron chi connectivity index (χ0n) is 12.5. The van der Waals surface area contributed by atoms with Crippen LogP contribution in [-0.2, 0) is 0 Å². The number of nitrogens with zero attached hydrogens (tertiary/aromatic N) is 1. The van der Waals surface area contributed by atoms with E-state index in [1.807, 2.05) is 0 Å². The molecule has 1 fully saturated rings. The van der Waals surface area contributed by atoms with Crippen molar-refractivity contribution < 1.29 is 8.78 Å². The lowest BCUT2D eigenvalue weighted by molar-refractivity contribution is 0.105. The van der Waals surface area contributed by atoms with Crippen LogP contribution in [0.2, 0.25) is 0 Å². The van der Waals surface area contributed by atoms with Crippen molar-refractivity contribution in [1.29, 1.82) is 0 Å². The van der Waals surface area contributed by atoms with Gasteiger partial charge in [0.2, 0.25) is 0 Å². The Bertz CT molecular complexity index is 208. The minimum absolute atomic E-state index is 0.160. The second-order valence-corrected chi connectivity index (χ2v) is 5.85. The predicted molar refractivity (Wildman–Crippen MR) is 76.8 cm³/mol.